The van der Waals surface area contributed by atoms with Crippen LogP contribution in [-0.2, 0) is 0 Å². The van der Waals surface area contributed by atoms with Crippen molar-refractivity contribution in [3.05, 3.63) is 82.8 Å². The highest BCUT2D eigenvalue weighted by Gasteiger charge is 2.12. The molecule has 2 aromatic carbocycles. The minimum atomic E-state index is -0.399. The Morgan fingerprint density at radius 3 is 2.30 bits per heavy atom. The van der Waals surface area contributed by atoms with Gasteiger partial charge in [-0.3, -0.25) is 9.59 Å². The molecule has 6 heteroatoms. The van der Waals surface area contributed by atoms with E-state index >= 15 is 0 Å². The number of nitrogens with one attached hydrogen (secondary N) is 2. The van der Waals surface area contributed by atoms with Crippen LogP contribution in [0.2, 0.25) is 5.02 Å². The lowest BCUT2D eigenvalue weighted by Crippen LogP contribution is -2.13. The van der Waals surface area contributed by atoms with Crippen LogP contribution >= 0.6 is 11.6 Å². The topological polar surface area (TPSA) is 71.3 Å². The molecule has 0 fully saturated rings. The highest BCUT2D eigenvalue weighted by molar-refractivity contribution is 6.34. The van der Waals surface area contributed by atoms with Crippen LogP contribution in [0.3, 0.4) is 0 Å². The number of furan rings is 1. The van der Waals surface area contributed by atoms with Gasteiger partial charge in [-0.2, -0.15) is 0 Å². The summed E-state index contributed by atoms with van der Waals surface area (Å²) in [6, 6.07) is 15.5. The molecule has 0 radical (unpaired) electrons. The summed E-state index contributed by atoms with van der Waals surface area (Å²) >= 11 is 6.22. The van der Waals surface area contributed by atoms with Crippen molar-refractivity contribution in [2.45, 2.75) is 19.8 Å². The summed E-state index contributed by atoms with van der Waals surface area (Å²) in [5, 5.41) is 5.77. The fraction of sp³-hybridized carbons (Fsp3) is 0.143. The van der Waals surface area contributed by atoms with Crippen molar-refractivity contribution in [2.24, 2.45) is 0 Å². The Labute approximate surface area is 162 Å². The first kappa shape index (κ1) is 18.7. The number of hydrogen-bond acceptors (Lipinski definition) is 3. The molecular formula is C21H19ClN2O3. The van der Waals surface area contributed by atoms with Gasteiger partial charge in [-0.1, -0.05) is 37.6 Å². The molecule has 2 amide bonds. The molecule has 0 unspecified atom stereocenters. The number of anilines is 2. The lowest BCUT2D eigenvalue weighted by molar-refractivity contribution is 0.0994. The van der Waals surface area contributed by atoms with Gasteiger partial charge in [-0.25, -0.2) is 0 Å². The maximum Gasteiger partial charge on any atom is 0.291 e. The largest absolute Gasteiger partial charge is 0.459 e. The molecule has 1 heterocycles. The average Bonchev–Trinajstić information content (AvgIpc) is 3.19. The Bertz CT molecular complexity index is 948. The summed E-state index contributed by atoms with van der Waals surface area (Å²) in [6.07, 6.45) is 1.42. The van der Waals surface area contributed by atoms with Gasteiger partial charge in [0.25, 0.3) is 11.8 Å². The van der Waals surface area contributed by atoms with Gasteiger partial charge in [0.2, 0.25) is 0 Å². The van der Waals surface area contributed by atoms with Crippen LogP contribution in [0.1, 0.15) is 46.2 Å². The first-order chi connectivity index (χ1) is 12.9. The fourth-order valence-electron chi connectivity index (χ4n) is 2.51. The highest BCUT2D eigenvalue weighted by Crippen LogP contribution is 2.26. The predicted octanol–water partition coefficient (Wildman–Crippen LogP) is 5.56. The average molecular weight is 383 g/mol. The van der Waals surface area contributed by atoms with Crippen LogP contribution in [0.15, 0.2) is 65.3 Å². The molecule has 5 nitrogen and oxygen atoms in total. The van der Waals surface area contributed by atoms with Gasteiger partial charge in [0.1, 0.15) is 0 Å². The van der Waals surface area contributed by atoms with E-state index in [0.717, 1.165) is 0 Å². The molecule has 27 heavy (non-hydrogen) atoms. The van der Waals surface area contributed by atoms with E-state index in [2.05, 4.69) is 24.5 Å². The van der Waals surface area contributed by atoms with Gasteiger partial charge in [0.15, 0.2) is 5.76 Å². The molecule has 0 saturated heterocycles. The minimum absolute atomic E-state index is 0.188. The molecule has 1 aromatic heterocycles. The first-order valence-electron chi connectivity index (χ1n) is 8.50. The Morgan fingerprint density at radius 1 is 0.963 bits per heavy atom. The molecule has 0 aliphatic rings. The van der Waals surface area contributed by atoms with Crippen molar-refractivity contribution in [2.75, 3.05) is 10.6 Å². The van der Waals surface area contributed by atoms with Crippen molar-refractivity contribution >= 4 is 34.8 Å². The van der Waals surface area contributed by atoms with Crippen LogP contribution in [0, 0.1) is 0 Å². The summed E-state index contributed by atoms with van der Waals surface area (Å²) in [4.78, 5) is 24.4. The Kier molecular flexibility index (Phi) is 5.62. The molecule has 0 spiro atoms. The SMILES string of the molecule is CC(C)c1ccc(C(=O)Nc2ccc(NC(=O)c3ccco3)c(Cl)c2)cc1. The van der Waals surface area contributed by atoms with Crippen molar-refractivity contribution < 1.29 is 14.0 Å². The summed E-state index contributed by atoms with van der Waals surface area (Å²) in [5.74, 6) is -0.0317. The third-order valence-corrected chi connectivity index (χ3v) is 4.37. The lowest BCUT2D eigenvalue weighted by Gasteiger charge is -2.10. The van der Waals surface area contributed by atoms with Gasteiger partial charge in [-0.15, -0.1) is 0 Å². The summed E-state index contributed by atoms with van der Waals surface area (Å²) in [5.41, 5.74) is 2.70. The number of hydrogen-bond donors (Lipinski definition) is 2. The molecule has 3 aromatic rings. The number of amides is 2. The zero-order valence-electron chi connectivity index (χ0n) is 15.0. The smallest absolute Gasteiger partial charge is 0.291 e. The zero-order chi connectivity index (χ0) is 19.4. The molecule has 0 saturated carbocycles. The van der Waals surface area contributed by atoms with Crippen LogP contribution in [-0.4, -0.2) is 11.8 Å². The second-order valence-corrected chi connectivity index (χ2v) is 6.76. The van der Waals surface area contributed by atoms with E-state index in [1.807, 2.05) is 12.1 Å². The van der Waals surface area contributed by atoms with Gasteiger partial charge < -0.3 is 15.1 Å². The van der Waals surface area contributed by atoms with Crippen molar-refractivity contribution in [3.8, 4) is 0 Å². The summed E-state index contributed by atoms with van der Waals surface area (Å²) < 4.78 is 5.04. The fourth-order valence-corrected chi connectivity index (χ4v) is 2.74. The van der Waals surface area contributed by atoms with Gasteiger partial charge in [0, 0.05) is 11.3 Å². The van der Waals surface area contributed by atoms with E-state index in [-0.39, 0.29) is 11.7 Å². The van der Waals surface area contributed by atoms with Crippen LogP contribution in [0.25, 0.3) is 0 Å². The molecule has 2 N–H and O–H groups in total. The van der Waals surface area contributed by atoms with E-state index in [4.69, 9.17) is 16.0 Å². The second-order valence-electron chi connectivity index (χ2n) is 6.36. The molecule has 0 aliphatic carbocycles. The molecule has 0 bridgehead atoms. The molecule has 0 aliphatic heterocycles. The zero-order valence-corrected chi connectivity index (χ0v) is 15.7. The Balaban J connectivity index is 1.68. The summed E-state index contributed by atoms with van der Waals surface area (Å²) in [6.45, 7) is 4.20. The molecule has 3 rings (SSSR count). The first-order valence-corrected chi connectivity index (χ1v) is 8.87. The number of benzene rings is 2. The Morgan fingerprint density at radius 2 is 1.70 bits per heavy atom. The van der Waals surface area contributed by atoms with Crippen LogP contribution < -0.4 is 10.6 Å². The maximum absolute atomic E-state index is 12.4. The van der Waals surface area contributed by atoms with Crippen molar-refractivity contribution in [3.63, 3.8) is 0 Å². The minimum Gasteiger partial charge on any atom is -0.459 e. The monoisotopic (exact) mass is 382 g/mol. The predicted molar refractivity (Wildman–Crippen MR) is 107 cm³/mol. The third-order valence-electron chi connectivity index (χ3n) is 4.06. The number of rotatable bonds is 5. The van der Waals surface area contributed by atoms with Crippen molar-refractivity contribution in [1.29, 1.82) is 0 Å². The van der Waals surface area contributed by atoms with Crippen LogP contribution in [0.5, 0.6) is 0 Å². The summed E-state index contributed by atoms with van der Waals surface area (Å²) in [7, 11) is 0. The van der Waals surface area contributed by atoms with Gasteiger partial charge in [-0.05, 0) is 53.9 Å². The number of carbonyl (C=O) groups excluding carboxylic acids is 2. The molecule has 138 valence electrons. The Hall–Kier alpha value is -3.05. The van der Waals surface area contributed by atoms with E-state index in [1.165, 1.54) is 11.8 Å². The molecular weight excluding hydrogens is 364 g/mol. The normalized spacial score (nSPS) is 10.7. The number of carbonyl (C=O) groups is 2. The quantitative estimate of drug-likeness (QED) is 0.606. The van der Waals surface area contributed by atoms with E-state index in [9.17, 15) is 9.59 Å². The van der Waals surface area contributed by atoms with E-state index in [1.54, 1.807) is 42.5 Å². The van der Waals surface area contributed by atoms with Crippen molar-refractivity contribution in [1.82, 2.24) is 0 Å². The van der Waals surface area contributed by atoms with Crippen LogP contribution in [0.4, 0.5) is 11.4 Å². The third kappa shape index (κ3) is 4.57. The van der Waals surface area contributed by atoms with E-state index < -0.39 is 5.91 Å². The van der Waals surface area contributed by atoms with Gasteiger partial charge >= 0.3 is 0 Å². The van der Waals surface area contributed by atoms with Gasteiger partial charge in [0.05, 0.1) is 17.0 Å². The number of halogens is 1. The standard InChI is InChI=1S/C21H19ClN2O3/c1-13(2)14-5-7-15(8-6-14)20(25)23-16-9-10-18(17(22)12-16)24-21(26)19-4-3-11-27-19/h3-13H,1-2H3,(H,23,25)(H,24,26). The molecule has 0 atom stereocenters. The second kappa shape index (κ2) is 8.10. The lowest BCUT2D eigenvalue weighted by atomic mass is 10.0. The van der Waals surface area contributed by atoms with E-state index in [0.29, 0.717) is 27.9 Å². The highest BCUT2D eigenvalue weighted by atomic mass is 35.5. The maximum atomic E-state index is 12.4.